The smallest absolute Gasteiger partial charge is 0.0161 e. The Bertz CT molecular complexity index is 708. The number of hydrogen-bond donors (Lipinski definition) is 3. The van der Waals surface area contributed by atoms with E-state index in [9.17, 15) is 0 Å². The molecule has 0 radical (unpaired) electrons. The summed E-state index contributed by atoms with van der Waals surface area (Å²) < 4.78 is 0. The maximum Gasteiger partial charge on any atom is 0.0161 e. The number of nitrogens with one attached hydrogen (secondary N) is 3. The van der Waals surface area contributed by atoms with E-state index in [1.54, 1.807) is 0 Å². The van der Waals surface area contributed by atoms with Crippen molar-refractivity contribution in [1.82, 2.24) is 16.0 Å². The summed E-state index contributed by atoms with van der Waals surface area (Å²) in [6.45, 7) is 29.1. The number of unbranched alkanes of at least 4 members (excludes halogenated alkanes) is 6. The van der Waals surface area contributed by atoms with Crippen LogP contribution in [-0.4, -0.2) is 33.2 Å². The summed E-state index contributed by atoms with van der Waals surface area (Å²) in [6, 6.07) is 0. The summed E-state index contributed by atoms with van der Waals surface area (Å²) >= 11 is 0. The highest BCUT2D eigenvalue weighted by Crippen LogP contribution is 2.51. The summed E-state index contributed by atoms with van der Waals surface area (Å²) in [5.74, 6) is 3.13. The van der Waals surface area contributed by atoms with Gasteiger partial charge in [0.15, 0.2) is 0 Å². The molecule has 218 valence electrons. The third-order valence-corrected chi connectivity index (χ3v) is 10.7. The van der Waals surface area contributed by atoms with E-state index in [0.717, 1.165) is 23.7 Å². The summed E-state index contributed by atoms with van der Waals surface area (Å²) in [4.78, 5) is 0. The average molecular weight is 518 g/mol. The fourth-order valence-corrected chi connectivity index (χ4v) is 9.71. The van der Waals surface area contributed by atoms with Gasteiger partial charge in [0.1, 0.15) is 0 Å². The van der Waals surface area contributed by atoms with Crippen LogP contribution in [0.2, 0.25) is 0 Å². The van der Waals surface area contributed by atoms with Crippen LogP contribution >= 0.6 is 0 Å². The maximum absolute atomic E-state index is 4.01. The average Bonchev–Trinajstić information content (AvgIpc) is 3.15. The van der Waals surface area contributed by atoms with Crippen molar-refractivity contribution >= 4 is 0 Å². The van der Waals surface area contributed by atoms with Crippen molar-refractivity contribution in [2.24, 2.45) is 23.7 Å². The molecule has 3 atom stereocenters. The molecule has 3 aliphatic rings. The molecule has 3 N–H and O–H groups in total. The fraction of sp³-hybridized carbons (Fsp3) is 1.00. The molecule has 0 bridgehead atoms. The van der Waals surface area contributed by atoms with Gasteiger partial charge >= 0.3 is 0 Å². The molecule has 3 heterocycles. The molecule has 3 nitrogen and oxygen atoms in total. The molecule has 0 saturated carbocycles. The second-order valence-corrected chi connectivity index (χ2v) is 17.4. The van der Waals surface area contributed by atoms with Crippen LogP contribution in [0.15, 0.2) is 0 Å². The van der Waals surface area contributed by atoms with Gasteiger partial charge in [-0.15, -0.1) is 0 Å². The fourth-order valence-electron chi connectivity index (χ4n) is 9.71. The topological polar surface area (TPSA) is 36.1 Å². The first kappa shape index (κ1) is 31.4. The molecule has 0 amide bonds. The summed E-state index contributed by atoms with van der Waals surface area (Å²) in [5, 5.41) is 11.9. The Labute approximate surface area is 232 Å². The molecule has 0 spiro atoms. The van der Waals surface area contributed by atoms with Gasteiger partial charge in [-0.1, -0.05) is 44.9 Å². The molecule has 37 heavy (non-hydrogen) atoms. The van der Waals surface area contributed by atoms with Crippen molar-refractivity contribution in [1.29, 1.82) is 0 Å². The zero-order valence-corrected chi connectivity index (χ0v) is 27.3. The molecular formula is C34H67N3. The van der Waals surface area contributed by atoms with Gasteiger partial charge in [0, 0.05) is 33.2 Å². The van der Waals surface area contributed by atoms with Gasteiger partial charge in [0.2, 0.25) is 0 Å². The Kier molecular flexibility index (Phi) is 9.37. The Morgan fingerprint density at radius 2 is 0.865 bits per heavy atom. The van der Waals surface area contributed by atoms with Crippen molar-refractivity contribution in [2.75, 3.05) is 0 Å². The Morgan fingerprint density at radius 1 is 0.486 bits per heavy atom. The molecule has 3 rings (SSSR count). The van der Waals surface area contributed by atoms with Crippen LogP contribution in [0.5, 0.6) is 0 Å². The SMILES string of the molecule is CC1(C)CC(CCCCCCCCCC(C2CC(C)(C)NC2(C)C)C2CC(C)(C)NC2(C)C)C(C)(C)N1. The molecular weight excluding hydrogens is 450 g/mol. The lowest BCUT2D eigenvalue weighted by molar-refractivity contribution is 0.116. The van der Waals surface area contributed by atoms with Crippen molar-refractivity contribution in [3.63, 3.8) is 0 Å². The number of hydrogen-bond acceptors (Lipinski definition) is 3. The Morgan fingerprint density at radius 3 is 1.24 bits per heavy atom. The monoisotopic (exact) mass is 518 g/mol. The highest BCUT2D eigenvalue weighted by Gasteiger charge is 2.54. The molecule has 3 fully saturated rings. The molecule has 0 aliphatic carbocycles. The van der Waals surface area contributed by atoms with Gasteiger partial charge in [0.25, 0.3) is 0 Å². The van der Waals surface area contributed by atoms with Gasteiger partial charge in [-0.25, -0.2) is 0 Å². The lowest BCUT2D eigenvalue weighted by atomic mass is 9.64. The molecule has 3 heteroatoms. The van der Waals surface area contributed by atoms with Gasteiger partial charge in [-0.3, -0.25) is 0 Å². The van der Waals surface area contributed by atoms with E-state index in [-0.39, 0.29) is 22.2 Å². The van der Waals surface area contributed by atoms with E-state index in [1.807, 2.05) is 0 Å². The zero-order chi connectivity index (χ0) is 27.9. The van der Waals surface area contributed by atoms with E-state index in [1.165, 1.54) is 77.0 Å². The molecule has 3 unspecified atom stereocenters. The second kappa shape index (κ2) is 11.0. The lowest BCUT2D eigenvalue weighted by Gasteiger charge is -2.42. The predicted octanol–water partition coefficient (Wildman–Crippen LogP) is 8.61. The van der Waals surface area contributed by atoms with Crippen LogP contribution in [0.3, 0.4) is 0 Å². The van der Waals surface area contributed by atoms with Crippen LogP contribution in [-0.2, 0) is 0 Å². The van der Waals surface area contributed by atoms with Crippen molar-refractivity contribution in [3.05, 3.63) is 0 Å². The highest BCUT2D eigenvalue weighted by atomic mass is 15.1. The summed E-state index contributed by atoms with van der Waals surface area (Å²) in [7, 11) is 0. The third kappa shape index (κ3) is 8.20. The van der Waals surface area contributed by atoms with Crippen molar-refractivity contribution < 1.29 is 0 Å². The molecule has 0 aromatic rings. The Balaban J connectivity index is 1.44. The minimum Gasteiger partial charge on any atom is -0.307 e. The molecule has 3 aliphatic heterocycles. The van der Waals surface area contributed by atoms with Crippen molar-refractivity contribution in [2.45, 2.75) is 193 Å². The van der Waals surface area contributed by atoms with Gasteiger partial charge in [0.05, 0.1) is 0 Å². The second-order valence-electron chi connectivity index (χ2n) is 17.4. The molecule has 0 aromatic heterocycles. The number of rotatable bonds is 12. The van der Waals surface area contributed by atoms with Gasteiger partial charge in [-0.2, -0.15) is 0 Å². The van der Waals surface area contributed by atoms with Gasteiger partial charge < -0.3 is 16.0 Å². The molecule has 3 saturated heterocycles. The van der Waals surface area contributed by atoms with E-state index in [2.05, 4.69) is 99.0 Å². The van der Waals surface area contributed by atoms with Crippen LogP contribution < -0.4 is 16.0 Å². The standard InChI is InChI=1S/C34H67N3/c1-29(2)22-25(32(7,8)35-29)20-18-16-14-13-15-17-19-21-26(27-23-30(3,4)36-33(27,9)10)28-24-31(5,6)37-34(28,11)12/h25-28,35-37H,13-24H2,1-12H3. The minimum absolute atomic E-state index is 0.218. The Hall–Kier alpha value is -0.120. The first-order valence-electron chi connectivity index (χ1n) is 16.1. The predicted molar refractivity (Wildman–Crippen MR) is 163 cm³/mol. The lowest BCUT2D eigenvalue weighted by Crippen LogP contribution is -2.50. The van der Waals surface area contributed by atoms with Crippen LogP contribution in [0.1, 0.15) is 160 Å². The zero-order valence-electron chi connectivity index (χ0n) is 27.3. The minimum atomic E-state index is 0.218. The first-order valence-corrected chi connectivity index (χ1v) is 16.1. The molecule has 0 aromatic carbocycles. The van der Waals surface area contributed by atoms with Gasteiger partial charge in [-0.05, 0) is 139 Å². The quantitative estimate of drug-likeness (QED) is 0.227. The summed E-state index contributed by atoms with van der Waals surface area (Å²) in [6.07, 6.45) is 16.7. The van der Waals surface area contributed by atoms with E-state index >= 15 is 0 Å². The normalized spacial score (nSPS) is 33.6. The summed E-state index contributed by atoms with van der Waals surface area (Å²) in [5.41, 5.74) is 1.54. The van der Waals surface area contributed by atoms with E-state index in [4.69, 9.17) is 0 Å². The van der Waals surface area contributed by atoms with Crippen molar-refractivity contribution in [3.8, 4) is 0 Å². The third-order valence-electron chi connectivity index (χ3n) is 10.7. The highest BCUT2D eigenvalue weighted by molar-refractivity contribution is 5.11. The maximum atomic E-state index is 4.01. The van der Waals surface area contributed by atoms with Crippen LogP contribution in [0, 0.1) is 23.7 Å². The first-order chi connectivity index (χ1) is 16.8. The van der Waals surface area contributed by atoms with E-state index in [0.29, 0.717) is 11.1 Å². The van der Waals surface area contributed by atoms with E-state index < -0.39 is 0 Å². The largest absolute Gasteiger partial charge is 0.307 e. The van der Waals surface area contributed by atoms with Crippen LogP contribution in [0.4, 0.5) is 0 Å². The van der Waals surface area contributed by atoms with Crippen LogP contribution in [0.25, 0.3) is 0 Å².